The van der Waals surface area contributed by atoms with E-state index in [9.17, 15) is 5.11 Å². The summed E-state index contributed by atoms with van der Waals surface area (Å²) in [5.41, 5.74) is 5.17. The minimum atomic E-state index is -0.312. The number of nitrogens with one attached hydrogen (secondary N) is 1. The maximum absolute atomic E-state index is 10.8. The Kier molecular flexibility index (Phi) is 6.40. The maximum atomic E-state index is 10.8. The van der Waals surface area contributed by atoms with Crippen LogP contribution >= 0.6 is 47.0 Å². The van der Waals surface area contributed by atoms with Crippen LogP contribution in [-0.4, -0.2) is 19.8 Å². The topological polar surface area (TPSA) is 53.3 Å². The van der Waals surface area contributed by atoms with E-state index in [-0.39, 0.29) is 17.8 Å². The minimum Gasteiger partial charge on any atom is -0.506 e. The Bertz CT molecular complexity index is 1440. The van der Waals surface area contributed by atoms with Crippen LogP contribution in [-0.2, 0) is 0 Å². The Morgan fingerprint density at radius 1 is 0.943 bits per heavy atom. The minimum absolute atomic E-state index is 0.0831. The lowest BCUT2D eigenvalue weighted by Crippen LogP contribution is -2.29. The van der Waals surface area contributed by atoms with Crippen LogP contribution in [0.25, 0.3) is 5.69 Å². The molecule has 1 fully saturated rings. The van der Waals surface area contributed by atoms with Crippen LogP contribution in [0, 0.1) is 13.8 Å². The molecule has 2 unspecified atom stereocenters. The van der Waals surface area contributed by atoms with Gasteiger partial charge in [0, 0.05) is 27.6 Å². The van der Waals surface area contributed by atoms with Gasteiger partial charge in [0.1, 0.15) is 5.75 Å². The number of hydrogen-bond donors (Lipinski definition) is 2. The Balaban J connectivity index is 1.72. The van der Waals surface area contributed by atoms with Crippen molar-refractivity contribution in [1.29, 1.82) is 0 Å². The highest BCUT2D eigenvalue weighted by atomic mass is 35.5. The van der Waals surface area contributed by atoms with Crippen molar-refractivity contribution in [1.82, 2.24) is 14.9 Å². The highest BCUT2D eigenvalue weighted by Gasteiger charge is 2.43. The van der Waals surface area contributed by atoms with Gasteiger partial charge in [-0.15, -0.1) is 0 Å². The van der Waals surface area contributed by atoms with Crippen LogP contribution in [0.4, 0.5) is 5.69 Å². The van der Waals surface area contributed by atoms with Gasteiger partial charge in [0.15, 0.2) is 5.11 Å². The molecule has 3 heterocycles. The van der Waals surface area contributed by atoms with Crippen molar-refractivity contribution in [2.75, 3.05) is 4.90 Å². The van der Waals surface area contributed by atoms with E-state index < -0.39 is 0 Å². The molecule has 35 heavy (non-hydrogen) atoms. The third-order valence-electron chi connectivity index (χ3n) is 6.23. The molecule has 1 aliphatic heterocycles. The van der Waals surface area contributed by atoms with Crippen molar-refractivity contribution >= 4 is 57.8 Å². The number of anilines is 1. The summed E-state index contributed by atoms with van der Waals surface area (Å²) in [5.74, 6) is 0.0831. The van der Waals surface area contributed by atoms with Crippen LogP contribution in [0.2, 0.25) is 15.1 Å². The van der Waals surface area contributed by atoms with E-state index >= 15 is 0 Å². The zero-order chi connectivity index (χ0) is 24.9. The lowest BCUT2D eigenvalue weighted by atomic mass is 9.96. The van der Waals surface area contributed by atoms with E-state index in [0.29, 0.717) is 25.9 Å². The number of rotatable bonds is 4. The molecule has 1 aliphatic rings. The SMILES string of the molecule is Cc1cc(C2C(c3ccccn3)NC(=S)N2c2cc(Cl)ccc2O)c(C)n1-c1ccc(Cl)cc1Cl. The van der Waals surface area contributed by atoms with Gasteiger partial charge in [0.2, 0.25) is 0 Å². The van der Waals surface area contributed by atoms with E-state index in [4.69, 9.17) is 47.0 Å². The fourth-order valence-electron chi connectivity index (χ4n) is 4.74. The van der Waals surface area contributed by atoms with Crippen LogP contribution in [0.1, 0.15) is 34.7 Å². The molecule has 4 aromatic rings. The molecule has 1 saturated heterocycles. The van der Waals surface area contributed by atoms with E-state index in [0.717, 1.165) is 28.3 Å². The molecule has 2 aromatic heterocycles. The summed E-state index contributed by atoms with van der Waals surface area (Å²) in [6, 6.07) is 17.7. The number of benzene rings is 2. The predicted molar refractivity (Wildman–Crippen MR) is 146 cm³/mol. The molecule has 2 aromatic carbocycles. The molecule has 0 aliphatic carbocycles. The second-order valence-electron chi connectivity index (χ2n) is 8.39. The number of hydrogen-bond acceptors (Lipinski definition) is 3. The van der Waals surface area contributed by atoms with Gasteiger partial charge in [-0.1, -0.05) is 40.9 Å². The molecule has 2 N–H and O–H groups in total. The van der Waals surface area contributed by atoms with Crippen molar-refractivity contribution in [2.24, 2.45) is 0 Å². The number of nitrogens with zero attached hydrogens (tertiary/aromatic N) is 3. The summed E-state index contributed by atoms with van der Waals surface area (Å²) >= 11 is 24.8. The van der Waals surface area contributed by atoms with E-state index in [1.807, 2.05) is 49.1 Å². The molecule has 0 bridgehead atoms. The zero-order valence-electron chi connectivity index (χ0n) is 18.8. The van der Waals surface area contributed by atoms with Gasteiger partial charge < -0.3 is 19.9 Å². The number of thiocarbonyl (C=S) groups is 1. The fourth-order valence-corrected chi connectivity index (χ4v) is 5.74. The molecule has 2 atom stereocenters. The van der Waals surface area contributed by atoms with E-state index in [1.165, 1.54) is 0 Å². The van der Waals surface area contributed by atoms with Crippen molar-refractivity contribution in [3.8, 4) is 11.4 Å². The van der Waals surface area contributed by atoms with Gasteiger partial charge in [-0.2, -0.15) is 0 Å². The molecule has 9 heteroatoms. The second kappa shape index (κ2) is 9.36. The summed E-state index contributed by atoms with van der Waals surface area (Å²) in [5, 5.41) is 16.3. The molecule has 0 spiro atoms. The van der Waals surface area contributed by atoms with Crippen LogP contribution in [0.15, 0.2) is 66.9 Å². The Labute approximate surface area is 223 Å². The quantitative estimate of drug-likeness (QED) is 0.264. The smallest absolute Gasteiger partial charge is 0.174 e. The number of aryl methyl sites for hydroxylation is 1. The molecule has 5 rings (SSSR count). The summed E-state index contributed by atoms with van der Waals surface area (Å²) < 4.78 is 2.10. The predicted octanol–water partition coefficient (Wildman–Crippen LogP) is 7.33. The molecular weight excluding hydrogens is 523 g/mol. The normalized spacial score (nSPS) is 17.6. The van der Waals surface area contributed by atoms with Gasteiger partial charge in [0.25, 0.3) is 0 Å². The number of phenolic OH excluding ortho intramolecular Hbond substituents is 1. The molecule has 0 amide bonds. The van der Waals surface area contributed by atoms with E-state index in [2.05, 4.69) is 20.9 Å². The average molecular weight is 544 g/mol. The summed E-state index contributed by atoms with van der Waals surface area (Å²) in [6.07, 6.45) is 1.76. The number of aromatic hydroxyl groups is 1. The zero-order valence-corrected chi connectivity index (χ0v) is 21.9. The molecule has 0 radical (unpaired) electrons. The van der Waals surface area contributed by atoms with Crippen LogP contribution in [0.5, 0.6) is 5.75 Å². The Hall–Kier alpha value is -2.77. The summed E-state index contributed by atoms with van der Waals surface area (Å²) in [7, 11) is 0. The Morgan fingerprint density at radius 2 is 1.69 bits per heavy atom. The maximum Gasteiger partial charge on any atom is 0.174 e. The van der Waals surface area contributed by atoms with Crippen LogP contribution < -0.4 is 10.2 Å². The summed E-state index contributed by atoms with van der Waals surface area (Å²) in [6.45, 7) is 4.07. The first-order valence-electron chi connectivity index (χ1n) is 10.9. The third-order valence-corrected chi connectivity index (χ3v) is 7.32. The van der Waals surface area contributed by atoms with Gasteiger partial charge in [-0.05, 0) is 86.2 Å². The molecule has 5 nitrogen and oxygen atoms in total. The molecule has 0 saturated carbocycles. The van der Waals surface area contributed by atoms with Crippen molar-refractivity contribution < 1.29 is 5.11 Å². The fraction of sp³-hybridized carbons (Fsp3) is 0.154. The number of aromatic nitrogens is 2. The first-order chi connectivity index (χ1) is 16.8. The van der Waals surface area contributed by atoms with Gasteiger partial charge in [-0.25, -0.2) is 0 Å². The average Bonchev–Trinajstić information content (AvgIpc) is 3.31. The van der Waals surface area contributed by atoms with Crippen molar-refractivity contribution in [2.45, 2.75) is 25.9 Å². The van der Waals surface area contributed by atoms with E-state index in [1.54, 1.807) is 30.5 Å². The molecular formula is C26H21Cl3N4OS. The monoisotopic (exact) mass is 542 g/mol. The largest absolute Gasteiger partial charge is 0.506 e. The van der Waals surface area contributed by atoms with Crippen molar-refractivity contribution in [3.05, 3.63) is 105 Å². The Morgan fingerprint density at radius 3 is 2.40 bits per heavy atom. The standard InChI is InChI=1S/C26H21Cl3N4OS/c1-14-11-18(15(2)32(14)21-8-6-16(27)12-19(21)29)25-24(20-5-3-4-10-30-20)31-26(35)33(25)22-13-17(28)7-9-23(22)34/h3-13,24-25,34H,1-2H3,(H,31,35). The third kappa shape index (κ3) is 4.25. The molecule has 178 valence electrons. The first-order valence-corrected chi connectivity index (χ1v) is 12.4. The highest BCUT2D eigenvalue weighted by molar-refractivity contribution is 7.80. The van der Waals surface area contributed by atoms with Gasteiger partial charge in [0.05, 0.1) is 34.2 Å². The first kappa shape index (κ1) is 23.9. The number of pyridine rings is 1. The number of phenols is 1. The van der Waals surface area contributed by atoms with Crippen LogP contribution in [0.3, 0.4) is 0 Å². The summed E-state index contributed by atoms with van der Waals surface area (Å²) in [4.78, 5) is 6.51. The lowest BCUT2D eigenvalue weighted by molar-refractivity contribution is 0.472. The van der Waals surface area contributed by atoms with Crippen molar-refractivity contribution in [3.63, 3.8) is 0 Å². The second-order valence-corrected chi connectivity index (χ2v) is 10.1. The lowest BCUT2D eigenvalue weighted by Gasteiger charge is -2.29. The highest BCUT2D eigenvalue weighted by Crippen LogP contribution is 2.46. The van der Waals surface area contributed by atoms with Gasteiger partial charge >= 0.3 is 0 Å². The number of halogens is 3. The van der Waals surface area contributed by atoms with Gasteiger partial charge in [-0.3, -0.25) is 4.98 Å².